The van der Waals surface area contributed by atoms with Gasteiger partial charge in [-0.1, -0.05) is 83.9 Å². The molecule has 25 heavy (non-hydrogen) atoms. The summed E-state index contributed by atoms with van der Waals surface area (Å²) in [7, 11) is 0. The van der Waals surface area contributed by atoms with Gasteiger partial charge in [0, 0.05) is 0 Å². The van der Waals surface area contributed by atoms with Crippen molar-refractivity contribution in [3.63, 3.8) is 0 Å². The monoisotopic (exact) mass is 331 g/mol. The minimum Gasteiger partial charge on any atom is -0.378 e. The molecule has 2 nitrogen and oxygen atoms in total. The van der Waals surface area contributed by atoms with Crippen LogP contribution in [-0.2, 0) is 5.60 Å². The number of benzene rings is 3. The van der Waals surface area contributed by atoms with Crippen molar-refractivity contribution in [2.24, 2.45) is 5.73 Å². The van der Waals surface area contributed by atoms with Crippen LogP contribution in [0, 0.1) is 20.8 Å². The predicted molar refractivity (Wildman–Crippen MR) is 103 cm³/mol. The van der Waals surface area contributed by atoms with Crippen LogP contribution in [0.4, 0.5) is 0 Å². The first-order chi connectivity index (χ1) is 11.9. The smallest absolute Gasteiger partial charge is 0.134 e. The van der Waals surface area contributed by atoms with Crippen molar-refractivity contribution in [2.45, 2.75) is 32.4 Å². The molecular formula is C23H25NO. The molecule has 3 N–H and O–H groups in total. The largest absolute Gasteiger partial charge is 0.378 e. The van der Waals surface area contributed by atoms with Gasteiger partial charge < -0.3 is 10.8 Å². The highest BCUT2D eigenvalue weighted by atomic mass is 16.3. The summed E-state index contributed by atoms with van der Waals surface area (Å²) >= 11 is 0. The van der Waals surface area contributed by atoms with Crippen LogP contribution in [-0.4, -0.2) is 5.11 Å². The van der Waals surface area contributed by atoms with Crippen molar-refractivity contribution in [3.8, 4) is 0 Å². The first-order valence-electron chi connectivity index (χ1n) is 8.60. The zero-order chi connectivity index (χ0) is 18.0. The van der Waals surface area contributed by atoms with Gasteiger partial charge in [-0.25, -0.2) is 0 Å². The summed E-state index contributed by atoms with van der Waals surface area (Å²) in [5, 5.41) is 11.9. The van der Waals surface area contributed by atoms with Crippen LogP contribution in [0.5, 0.6) is 0 Å². The van der Waals surface area contributed by atoms with Crippen molar-refractivity contribution in [1.29, 1.82) is 0 Å². The molecule has 1 unspecified atom stereocenters. The molecule has 0 aliphatic rings. The SMILES string of the molecule is Cc1ccc(C(O)(c2ccc(C)cc2)C(N)c2ccccc2C)cc1. The van der Waals surface area contributed by atoms with E-state index in [2.05, 4.69) is 0 Å². The maximum atomic E-state index is 11.9. The van der Waals surface area contributed by atoms with E-state index in [0.717, 1.165) is 33.4 Å². The summed E-state index contributed by atoms with van der Waals surface area (Å²) in [6.07, 6.45) is 0. The van der Waals surface area contributed by atoms with Crippen LogP contribution in [0.25, 0.3) is 0 Å². The van der Waals surface area contributed by atoms with Gasteiger partial charge in [0.2, 0.25) is 0 Å². The Balaban J connectivity index is 2.19. The molecule has 0 spiro atoms. The van der Waals surface area contributed by atoms with Crippen molar-refractivity contribution in [3.05, 3.63) is 106 Å². The Bertz CT molecular complexity index is 805. The summed E-state index contributed by atoms with van der Waals surface area (Å²) < 4.78 is 0. The number of aryl methyl sites for hydroxylation is 3. The van der Waals surface area contributed by atoms with Gasteiger partial charge in [-0.05, 0) is 43.0 Å². The van der Waals surface area contributed by atoms with Crippen molar-refractivity contribution >= 4 is 0 Å². The van der Waals surface area contributed by atoms with Gasteiger partial charge >= 0.3 is 0 Å². The summed E-state index contributed by atoms with van der Waals surface area (Å²) in [6.45, 7) is 6.10. The quantitative estimate of drug-likeness (QED) is 0.737. The van der Waals surface area contributed by atoms with E-state index in [4.69, 9.17) is 5.73 Å². The molecule has 0 aliphatic carbocycles. The number of hydrogen-bond donors (Lipinski definition) is 2. The summed E-state index contributed by atoms with van der Waals surface area (Å²) in [6, 6.07) is 23.3. The molecule has 3 rings (SSSR count). The van der Waals surface area contributed by atoms with Gasteiger partial charge in [0.05, 0.1) is 6.04 Å². The third-order valence-corrected chi connectivity index (χ3v) is 4.96. The first-order valence-corrected chi connectivity index (χ1v) is 8.60. The molecule has 0 heterocycles. The molecule has 0 saturated carbocycles. The lowest BCUT2D eigenvalue weighted by atomic mass is 9.76. The second-order valence-corrected chi connectivity index (χ2v) is 6.83. The topological polar surface area (TPSA) is 46.2 Å². The Morgan fingerprint density at radius 3 is 1.60 bits per heavy atom. The van der Waals surface area contributed by atoms with E-state index in [1.54, 1.807) is 0 Å². The molecule has 0 bridgehead atoms. The Hall–Kier alpha value is -2.42. The number of rotatable bonds is 4. The lowest BCUT2D eigenvalue weighted by Crippen LogP contribution is -2.40. The minimum absolute atomic E-state index is 0.570. The lowest BCUT2D eigenvalue weighted by Gasteiger charge is -2.36. The fourth-order valence-electron chi connectivity index (χ4n) is 3.30. The second kappa shape index (κ2) is 6.83. The zero-order valence-corrected chi connectivity index (χ0v) is 15.0. The molecule has 0 fully saturated rings. The highest BCUT2D eigenvalue weighted by Gasteiger charge is 2.39. The molecule has 128 valence electrons. The van der Waals surface area contributed by atoms with Crippen molar-refractivity contribution in [1.82, 2.24) is 0 Å². The standard InChI is InChI=1S/C23H25NO/c1-16-8-12-19(13-9-16)23(25,20-14-10-17(2)11-15-20)22(24)21-7-5-4-6-18(21)3/h4-15,22,25H,24H2,1-3H3. The fourth-order valence-corrected chi connectivity index (χ4v) is 3.30. The molecule has 0 radical (unpaired) electrons. The van der Waals surface area contributed by atoms with E-state index >= 15 is 0 Å². The molecule has 0 saturated heterocycles. The molecule has 2 heteroatoms. The Morgan fingerprint density at radius 2 is 1.16 bits per heavy atom. The number of aliphatic hydroxyl groups is 1. The third kappa shape index (κ3) is 3.23. The van der Waals surface area contributed by atoms with Crippen molar-refractivity contribution < 1.29 is 5.11 Å². The van der Waals surface area contributed by atoms with Crippen LogP contribution < -0.4 is 5.73 Å². The van der Waals surface area contributed by atoms with Crippen molar-refractivity contribution in [2.75, 3.05) is 0 Å². The van der Waals surface area contributed by atoms with Crippen LogP contribution in [0.2, 0.25) is 0 Å². The highest BCUT2D eigenvalue weighted by Crippen LogP contribution is 2.40. The molecule has 0 aliphatic heterocycles. The first kappa shape index (κ1) is 17.4. The van der Waals surface area contributed by atoms with Crippen LogP contribution in [0.1, 0.15) is 39.4 Å². The lowest BCUT2D eigenvalue weighted by molar-refractivity contribution is 0.0510. The Labute approximate surface area is 150 Å². The van der Waals surface area contributed by atoms with E-state index in [1.165, 1.54) is 0 Å². The van der Waals surface area contributed by atoms with E-state index in [1.807, 2.05) is 93.6 Å². The predicted octanol–water partition coefficient (Wildman–Crippen LogP) is 4.55. The van der Waals surface area contributed by atoms with Gasteiger partial charge in [-0.2, -0.15) is 0 Å². The molecule has 1 atom stereocenters. The summed E-state index contributed by atoms with van der Waals surface area (Å²) in [4.78, 5) is 0. The number of hydrogen-bond acceptors (Lipinski definition) is 2. The average Bonchev–Trinajstić information content (AvgIpc) is 2.62. The minimum atomic E-state index is -1.30. The third-order valence-electron chi connectivity index (χ3n) is 4.96. The number of nitrogens with two attached hydrogens (primary N) is 1. The second-order valence-electron chi connectivity index (χ2n) is 6.83. The molecule has 3 aromatic carbocycles. The van der Waals surface area contributed by atoms with Crippen LogP contribution in [0.3, 0.4) is 0 Å². The maximum Gasteiger partial charge on any atom is 0.134 e. The summed E-state index contributed by atoms with van der Waals surface area (Å²) in [5.41, 5.74) is 11.3. The van der Waals surface area contributed by atoms with E-state index in [-0.39, 0.29) is 0 Å². The van der Waals surface area contributed by atoms with E-state index < -0.39 is 11.6 Å². The maximum absolute atomic E-state index is 11.9. The van der Waals surface area contributed by atoms with Gasteiger partial charge in [0.1, 0.15) is 5.60 Å². The Kier molecular flexibility index (Phi) is 4.76. The van der Waals surface area contributed by atoms with Gasteiger partial charge in [-0.3, -0.25) is 0 Å². The van der Waals surface area contributed by atoms with Crippen LogP contribution in [0.15, 0.2) is 72.8 Å². The molecule has 0 amide bonds. The van der Waals surface area contributed by atoms with Gasteiger partial charge in [0.15, 0.2) is 0 Å². The zero-order valence-electron chi connectivity index (χ0n) is 15.0. The van der Waals surface area contributed by atoms with E-state index in [0.29, 0.717) is 0 Å². The van der Waals surface area contributed by atoms with Gasteiger partial charge in [-0.15, -0.1) is 0 Å². The summed E-state index contributed by atoms with van der Waals surface area (Å²) in [5.74, 6) is 0. The normalized spacial score (nSPS) is 12.8. The molecule has 0 aromatic heterocycles. The fraction of sp³-hybridized carbons (Fsp3) is 0.217. The van der Waals surface area contributed by atoms with E-state index in [9.17, 15) is 5.11 Å². The molecule has 3 aromatic rings. The van der Waals surface area contributed by atoms with Crippen LogP contribution >= 0.6 is 0 Å². The molecular weight excluding hydrogens is 306 g/mol. The Morgan fingerprint density at radius 1 is 0.720 bits per heavy atom. The highest BCUT2D eigenvalue weighted by molar-refractivity contribution is 5.44. The van der Waals surface area contributed by atoms with Gasteiger partial charge in [0.25, 0.3) is 0 Å². The average molecular weight is 331 g/mol.